The lowest BCUT2D eigenvalue weighted by molar-refractivity contribution is 0.102. The molecule has 1 saturated heterocycles. The van der Waals surface area contributed by atoms with Crippen molar-refractivity contribution in [1.29, 1.82) is 0 Å². The van der Waals surface area contributed by atoms with Gasteiger partial charge in [0.1, 0.15) is 4.90 Å². The van der Waals surface area contributed by atoms with Gasteiger partial charge in [-0.05, 0) is 25.5 Å². The SMILES string of the molecule is CNc1ccccc1S(=O)(=O)N(C)C1CCOC1C. The number of benzene rings is 1. The highest BCUT2D eigenvalue weighted by Crippen LogP contribution is 2.28. The van der Waals surface area contributed by atoms with E-state index in [0.717, 1.165) is 6.42 Å². The van der Waals surface area contributed by atoms with Gasteiger partial charge in [0.05, 0.1) is 17.8 Å². The molecule has 0 aliphatic carbocycles. The van der Waals surface area contributed by atoms with Crippen LogP contribution in [0.2, 0.25) is 0 Å². The van der Waals surface area contributed by atoms with E-state index in [1.807, 2.05) is 13.0 Å². The predicted molar refractivity (Wildman–Crippen MR) is 74.8 cm³/mol. The Morgan fingerprint density at radius 2 is 2.05 bits per heavy atom. The van der Waals surface area contributed by atoms with Gasteiger partial charge in [0.25, 0.3) is 0 Å². The van der Waals surface area contributed by atoms with E-state index in [1.165, 1.54) is 4.31 Å². The maximum Gasteiger partial charge on any atom is 0.245 e. The summed E-state index contributed by atoms with van der Waals surface area (Å²) in [5.74, 6) is 0. The van der Waals surface area contributed by atoms with Gasteiger partial charge < -0.3 is 10.1 Å². The van der Waals surface area contributed by atoms with Gasteiger partial charge in [-0.3, -0.25) is 0 Å². The van der Waals surface area contributed by atoms with Crippen LogP contribution in [0.3, 0.4) is 0 Å². The maximum atomic E-state index is 12.7. The second kappa shape index (κ2) is 5.48. The highest BCUT2D eigenvalue weighted by molar-refractivity contribution is 7.89. The number of sulfonamides is 1. The van der Waals surface area contributed by atoms with E-state index in [4.69, 9.17) is 4.74 Å². The Kier molecular flexibility index (Phi) is 4.13. The van der Waals surface area contributed by atoms with Crippen molar-refractivity contribution in [3.05, 3.63) is 24.3 Å². The van der Waals surface area contributed by atoms with Gasteiger partial charge in [-0.2, -0.15) is 4.31 Å². The first-order chi connectivity index (χ1) is 8.98. The zero-order valence-electron chi connectivity index (χ0n) is 11.5. The summed E-state index contributed by atoms with van der Waals surface area (Å²) in [7, 11) is -0.167. The Bertz CT molecular complexity index is 545. The fourth-order valence-corrected chi connectivity index (χ4v) is 4.07. The molecule has 1 aliphatic rings. The highest BCUT2D eigenvalue weighted by atomic mass is 32.2. The third-order valence-corrected chi connectivity index (χ3v) is 5.56. The van der Waals surface area contributed by atoms with Crippen molar-refractivity contribution in [2.75, 3.05) is 26.0 Å². The Morgan fingerprint density at radius 3 is 2.63 bits per heavy atom. The molecular weight excluding hydrogens is 264 g/mol. The second-order valence-corrected chi connectivity index (χ2v) is 6.67. The van der Waals surface area contributed by atoms with Crippen LogP contribution in [0.25, 0.3) is 0 Å². The Morgan fingerprint density at radius 1 is 1.37 bits per heavy atom. The topological polar surface area (TPSA) is 58.6 Å². The van der Waals surface area contributed by atoms with E-state index in [2.05, 4.69) is 5.32 Å². The summed E-state index contributed by atoms with van der Waals surface area (Å²) in [5.41, 5.74) is 0.612. The number of hydrogen-bond acceptors (Lipinski definition) is 4. The zero-order chi connectivity index (χ0) is 14.0. The normalized spacial score (nSPS) is 23.8. The van der Waals surface area contributed by atoms with Crippen LogP contribution in [0.5, 0.6) is 0 Å². The summed E-state index contributed by atoms with van der Waals surface area (Å²) in [6.07, 6.45) is 0.667. The van der Waals surface area contributed by atoms with E-state index >= 15 is 0 Å². The molecule has 1 aromatic rings. The summed E-state index contributed by atoms with van der Waals surface area (Å²) in [4.78, 5) is 0.305. The summed E-state index contributed by atoms with van der Waals surface area (Å²) >= 11 is 0. The van der Waals surface area contributed by atoms with Crippen LogP contribution >= 0.6 is 0 Å². The van der Waals surface area contributed by atoms with Gasteiger partial charge in [-0.25, -0.2) is 8.42 Å². The molecule has 19 heavy (non-hydrogen) atoms. The standard InChI is InChI=1S/C13H20N2O3S/c1-10-12(8-9-18-10)15(3)19(16,17)13-7-5-4-6-11(13)14-2/h4-7,10,12,14H,8-9H2,1-3H3. The minimum atomic E-state index is -3.51. The van der Waals surface area contributed by atoms with E-state index in [-0.39, 0.29) is 12.1 Å². The first-order valence-corrected chi connectivity index (χ1v) is 7.79. The number of likely N-dealkylation sites (N-methyl/N-ethyl adjacent to an activating group) is 1. The molecule has 5 nitrogen and oxygen atoms in total. The molecule has 0 spiro atoms. The van der Waals surface area contributed by atoms with Crippen molar-refractivity contribution < 1.29 is 13.2 Å². The van der Waals surface area contributed by atoms with E-state index in [9.17, 15) is 8.42 Å². The molecule has 1 fully saturated rings. The van der Waals surface area contributed by atoms with Crippen LogP contribution in [0, 0.1) is 0 Å². The monoisotopic (exact) mass is 284 g/mol. The zero-order valence-corrected chi connectivity index (χ0v) is 12.3. The number of para-hydroxylation sites is 1. The molecule has 0 saturated carbocycles. The molecule has 1 N–H and O–H groups in total. The third kappa shape index (κ3) is 2.61. The number of anilines is 1. The summed E-state index contributed by atoms with van der Waals surface area (Å²) < 4.78 is 32.2. The molecule has 2 atom stereocenters. The number of nitrogens with one attached hydrogen (secondary N) is 1. The summed E-state index contributed by atoms with van der Waals surface area (Å²) in [6, 6.07) is 6.82. The van der Waals surface area contributed by atoms with Crippen molar-refractivity contribution in [2.45, 2.75) is 30.4 Å². The minimum absolute atomic E-state index is 0.0680. The van der Waals surface area contributed by atoms with E-state index in [1.54, 1.807) is 32.3 Å². The van der Waals surface area contributed by atoms with Gasteiger partial charge in [-0.1, -0.05) is 12.1 Å². The van der Waals surface area contributed by atoms with Crippen molar-refractivity contribution >= 4 is 15.7 Å². The fourth-order valence-electron chi connectivity index (χ4n) is 2.43. The molecule has 0 bridgehead atoms. The van der Waals surface area contributed by atoms with Gasteiger partial charge in [0, 0.05) is 20.7 Å². The Hall–Kier alpha value is -1.11. The van der Waals surface area contributed by atoms with Crippen molar-refractivity contribution in [1.82, 2.24) is 4.31 Å². The molecule has 1 heterocycles. The van der Waals surface area contributed by atoms with Gasteiger partial charge in [-0.15, -0.1) is 0 Å². The van der Waals surface area contributed by atoms with Crippen molar-refractivity contribution in [3.8, 4) is 0 Å². The Balaban J connectivity index is 2.36. The van der Waals surface area contributed by atoms with Crippen LogP contribution in [0.15, 0.2) is 29.2 Å². The molecule has 0 radical (unpaired) electrons. The van der Waals surface area contributed by atoms with Crippen LogP contribution < -0.4 is 5.32 Å². The molecule has 6 heteroatoms. The molecule has 2 rings (SSSR count). The third-order valence-electron chi connectivity index (χ3n) is 3.62. The minimum Gasteiger partial charge on any atom is -0.387 e. The van der Waals surface area contributed by atoms with Crippen molar-refractivity contribution in [2.24, 2.45) is 0 Å². The Labute approximate surface area is 114 Å². The quantitative estimate of drug-likeness (QED) is 0.911. The second-order valence-electron chi connectivity index (χ2n) is 4.70. The molecule has 0 aromatic heterocycles. The van der Waals surface area contributed by atoms with Crippen LogP contribution in [0.1, 0.15) is 13.3 Å². The van der Waals surface area contributed by atoms with Gasteiger partial charge >= 0.3 is 0 Å². The smallest absolute Gasteiger partial charge is 0.245 e. The van der Waals surface area contributed by atoms with Gasteiger partial charge in [0.2, 0.25) is 10.0 Å². The lowest BCUT2D eigenvalue weighted by Gasteiger charge is -2.26. The van der Waals surface area contributed by atoms with E-state index in [0.29, 0.717) is 17.2 Å². The lowest BCUT2D eigenvalue weighted by Crippen LogP contribution is -2.41. The number of nitrogens with zero attached hydrogens (tertiary/aromatic N) is 1. The molecule has 2 unspecified atom stereocenters. The maximum absolute atomic E-state index is 12.7. The van der Waals surface area contributed by atoms with Crippen LogP contribution in [-0.4, -0.2) is 45.6 Å². The molecule has 106 valence electrons. The lowest BCUT2D eigenvalue weighted by atomic mass is 10.2. The number of rotatable bonds is 4. The molecular formula is C13H20N2O3S. The van der Waals surface area contributed by atoms with Crippen LogP contribution in [-0.2, 0) is 14.8 Å². The first-order valence-electron chi connectivity index (χ1n) is 6.35. The summed E-state index contributed by atoms with van der Waals surface area (Å²) in [5, 5.41) is 2.92. The van der Waals surface area contributed by atoms with E-state index < -0.39 is 10.0 Å². The molecule has 0 amide bonds. The fraction of sp³-hybridized carbons (Fsp3) is 0.538. The average Bonchev–Trinajstić information content (AvgIpc) is 2.83. The molecule has 1 aromatic carbocycles. The predicted octanol–water partition coefficient (Wildman–Crippen LogP) is 1.53. The highest BCUT2D eigenvalue weighted by Gasteiger charge is 2.36. The number of hydrogen-bond donors (Lipinski definition) is 1. The average molecular weight is 284 g/mol. The number of ether oxygens (including phenoxy) is 1. The van der Waals surface area contributed by atoms with Gasteiger partial charge in [0.15, 0.2) is 0 Å². The molecule has 1 aliphatic heterocycles. The first kappa shape index (κ1) is 14.3. The van der Waals surface area contributed by atoms with Crippen molar-refractivity contribution in [3.63, 3.8) is 0 Å². The van der Waals surface area contributed by atoms with Crippen LogP contribution in [0.4, 0.5) is 5.69 Å². The summed E-state index contributed by atoms with van der Waals surface area (Å²) in [6.45, 7) is 2.52. The largest absolute Gasteiger partial charge is 0.387 e.